The zero-order chi connectivity index (χ0) is 35.3. The number of H-pyrrole nitrogens is 1. The number of esters is 1. The molecule has 0 radical (unpaired) electrons. The second-order valence-electron chi connectivity index (χ2n) is 15.1. The van der Waals surface area contributed by atoms with Gasteiger partial charge in [0.1, 0.15) is 24.0 Å². The van der Waals surface area contributed by atoms with Crippen LogP contribution in [-0.4, -0.2) is 71.3 Å². The zero-order valence-electron chi connectivity index (χ0n) is 29.9. The number of aryl methyl sites for hydroxylation is 1. The van der Waals surface area contributed by atoms with E-state index in [2.05, 4.69) is 15.6 Å². The molecule has 270 valence electrons. The van der Waals surface area contributed by atoms with Gasteiger partial charge in [0.05, 0.1) is 12.6 Å². The van der Waals surface area contributed by atoms with Crippen molar-refractivity contribution in [1.29, 1.82) is 0 Å². The lowest BCUT2D eigenvalue weighted by Gasteiger charge is -2.37. The Morgan fingerprint density at radius 2 is 1.71 bits per heavy atom. The average molecular weight is 683 g/mol. The van der Waals surface area contributed by atoms with Crippen LogP contribution in [-0.2, 0) is 25.5 Å². The van der Waals surface area contributed by atoms with Gasteiger partial charge in [-0.05, 0) is 108 Å². The Kier molecular flexibility index (Phi) is 11.9. The van der Waals surface area contributed by atoms with Gasteiger partial charge in [-0.1, -0.05) is 39.0 Å². The van der Waals surface area contributed by atoms with Crippen LogP contribution in [0.25, 0.3) is 10.9 Å². The van der Waals surface area contributed by atoms with Crippen LogP contribution < -0.4 is 10.6 Å². The molecule has 1 aromatic carbocycles. The van der Waals surface area contributed by atoms with E-state index in [1.165, 1.54) is 6.42 Å². The number of amides is 3. The Hall–Kier alpha value is -3.63. The van der Waals surface area contributed by atoms with E-state index in [-0.39, 0.29) is 36.2 Å². The fourth-order valence-corrected chi connectivity index (χ4v) is 8.49. The normalized spacial score (nSPS) is 24.0. The molecule has 11 heteroatoms. The lowest BCUT2D eigenvalue weighted by molar-refractivity contribution is -0.142. The quantitative estimate of drug-likeness (QED) is 0.225. The molecule has 10 nitrogen and oxygen atoms in total. The summed E-state index contributed by atoms with van der Waals surface area (Å²) < 4.78 is 24.7. The van der Waals surface area contributed by atoms with Gasteiger partial charge in [-0.15, -0.1) is 0 Å². The second-order valence-corrected chi connectivity index (χ2v) is 15.1. The topological polar surface area (TPSA) is 130 Å². The lowest BCUT2D eigenvalue weighted by Crippen LogP contribution is -2.50. The average Bonchev–Trinajstić information content (AvgIpc) is 3.69. The molecule has 1 saturated heterocycles. The third-order valence-electron chi connectivity index (χ3n) is 10.8. The number of aromatic amines is 1. The number of hydrogen-bond acceptors (Lipinski definition) is 6. The molecule has 3 aliphatic rings. The molecule has 5 rings (SSSR count). The summed E-state index contributed by atoms with van der Waals surface area (Å²) in [6.45, 7) is 9.19. The van der Waals surface area contributed by atoms with Gasteiger partial charge in [0.25, 0.3) is 0 Å². The maximum absolute atomic E-state index is 14.3. The highest BCUT2D eigenvalue weighted by atomic mass is 19.1. The number of alkyl carbamates (subject to hydrolysis) is 1. The largest absolute Gasteiger partial charge is 0.461 e. The molecule has 3 atom stereocenters. The van der Waals surface area contributed by atoms with Crippen molar-refractivity contribution >= 4 is 40.5 Å². The van der Waals surface area contributed by atoms with Crippen LogP contribution in [0.2, 0.25) is 0 Å². The van der Waals surface area contributed by atoms with Crippen molar-refractivity contribution in [3.8, 4) is 0 Å². The number of anilines is 1. The fourth-order valence-electron chi connectivity index (χ4n) is 8.49. The van der Waals surface area contributed by atoms with E-state index in [0.29, 0.717) is 55.9 Å². The van der Waals surface area contributed by atoms with Crippen LogP contribution in [0.3, 0.4) is 0 Å². The standard InChI is InChI=1S/C38H55FN4O6/c1-6-27-29-21-26(17-18-30(29)41-32(27)36(46)48-7-2)40-34(44)33-28(23-11-9-8-10-12-23)19-20-43(33)35(45)25-15-13-24(14-16-25)31(22-39)42-37(47)49-38(3,4)5/h17-18,21,23-25,28,31,33,41H,6-16,19-20,22H2,1-5H3,(H,40,44)(H,42,47)/t24?,25?,28-,31+,33-/m0/s1. The summed E-state index contributed by atoms with van der Waals surface area (Å²) in [7, 11) is 0. The summed E-state index contributed by atoms with van der Waals surface area (Å²) in [5.41, 5.74) is 2.01. The highest BCUT2D eigenvalue weighted by Gasteiger charge is 2.47. The third-order valence-corrected chi connectivity index (χ3v) is 10.8. The predicted octanol–water partition coefficient (Wildman–Crippen LogP) is 7.31. The summed E-state index contributed by atoms with van der Waals surface area (Å²) in [4.78, 5) is 58.4. The number of ether oxygens (including phenoxy) is 2. The molecule has 1 aromatic heterocycles. The van der Waals surface area contributed by atoms with Gasteiger partial charge in [0, 0.05) is 29.1 Å². The van der Waals surface area contributed by atoms with Crippen LogP contribution in [0.4, 0.5) is 14.9 Å². The SMILES string of the molecule is CCOC(=O)c1[nH]c2ccc(NC(=O)[C@@H]3[C@H](C4CCCCC4)CCN3C(=O)C3CCC([C@@H](CF)NC(=O)OC(C)(C)C)CC3)cc2c1CC. The van der Waals surface area contributed by atoms with E-state index in [4.69, 9.17) is 9.47 Å². The van der Waals surface area contributed by atoms with Crippen LogP contribution in [0.5, 0.6) is 0 Å². The van der Waals surface area contributed by atoms with Crippen LogP contribution in [0, 0.1) is 23.7 Å². The van der Waals surface area contributed by atoms with E-state index in [0.717, 1.165) is 48.6 Å². The zero-order valence-corrected chi connectivity index (χ0v) is 29.9. The molecule has 2 aromatic rings. The first kappa shape index (κ1) is 36.6. The molecule has 3 amide bonds. The van der Waals surface area contributed by atoms with E-state index >= 15 is 0 Å². The van der Waals surface area contributed by atoms with Crippen molar-refractivity contribution in [3.63, 3.8) is 0 Å². The molecular weight excluding hydrogens is 627 g/mol. The van der Waals surface area contributed by atoms with E-state index in [1.54, 1.807) is 27.7 Å². The van der Waals surface area contributed by atoms with Crippen molar-refractivity contribution < 1.29 is 33.0 Å². The number of carbonyl (C=O) groups is 4. The highest BCUT2D eigenvalue weighted by Crippen LogP contribution is 2.41. The Bertz CT molecular complexity index is 1490. The van der Waals surface area contributed by atoms with Crippen molar-refractivity contribution in [2.24, 2.45) is 23.7 Å². The van der Waals surface area contributed by atoms with Crippen LogP contribution in [0.15, 0.2) is 18.2 Å². The molecule has 49 heavy (non-hydrogen) atoms. The Balaban J connectivity index is 1.30. The minimum absolute atomic E-state index is 0.00208. The minimum atomic E-state index is -0.696. The number of hydrogen-bond donors (Lipinski definition) is 3. The van der Waals surface area contributed by atoms with Crippen molar-refractivity contribution in [2.75, 3.05) is 25.1 Å². The third kappa shape index (κ3) is 8.58. The lowest BCUT2D eigenvalue weighted by atomic mass is 9.76. The first-order chi connectivity index (χ1) is 23.4. The van der Waals surface area contributed by atoms with Gasteiger partial charge in [-0.2, -0.15) is 0 Å². The minimum Gasteiger partial charge on any atom is -0.461 e. The van der Waals surface area contributed by atoms with Crippen molar-refractivity contribution in [2.45, 2.75) is 123 Å². The maximum Gasteiger partial charge on any atom is 0.407 e. The Morgan fingerprint density at radius 1 is 1.00 bits per heavy atom. The summed E-state index contributed by atoms with van der Waals surface area (Å²) in [5, 5.41) is 6.71. The molecule has 0 bridgehead atoms. The molecular formula is C38H55FN4O6. The fraction of sp³-hybridized carbons (Fsp3) is 0.684. The first-order valence-corrected chi connectivity index (χ1v) is 18.4. The summed E-state index contributed by atoms with van der Waals surface area (Å²) >= 11 is 0. The highest BCUT2D eigenvalue weighted by molar-refractivity contribution is 6.02. The molecule has 3 N–H and O–H groups in total. The number of alkyl halides is 1. The van der Waals surface area contributed by atoms with Crippen molar-refractivity contribution in [3.05, 3.63) is 29.5 Å². The van der Waals surface area contributed by atoms with Gasteiger partial charge >= 0.3 is 12.1 Å². The Morgan fingerprint density at radius 3 is 2.35 bits per heavy atom. The molecule has 1 aliphatic heterocycles. The Labute approximate surface area is 289 Å². The molecule has 2 saturated carbocycles. The second kappa shape index (κ2) is 15.9. The van der Waals surface area contributed by atoms with Gasteiger partial charge < -0.3 is 30.0 Å². The van der Waals surface area contributed by atoms with E-state index in [9.17, 15) is 23.6 Å². The molecule has 2 aliphatic carbocycles. The van der Waals surface area contributed by atoms with Gasteiger partial charge in [-0.25, -0.2) is 14.0 Å². The van der Waals surface area contributed by atoms with Gasteiger partial charge in [-0.3, -0.25) is 9.59 Å². The van der Waals surface area contributed by atoms with Gasteiger partial charge in [0.2, 0.25) is 11.8 Å². The predicted molar refractivity (Wildman–Crippen MR) is 187 cm³/mol. The van der Waals surface area contributed by atoms with Crippen molar-refractivity contribution in [1.82, 2.24) is 15.2 Å². The molecule has 0 unspecified atom stereocenters. The van der Waals surface area contributed by atoms with E-state index in [1.807, 2.05) is 30.0 Å². The monoisotopic (exact) mass is 682 g/mol. The number of nitrogens with zero attached hydrogens (tertiary/aromatic N) is 1. The number of fused-ring (bicyclic) bond motifs is 1. The van der Waals surface area contributed by atoms with Crippen LogP contribution in [0.1, 0.15) is 115 Å². The number of likely N-dealkylation sites (tertiary alicyclic amines) is 1. The number of carbonyl (C=O) groups excluding carboxylic acids is 4. The molecule has 2 heterocycles. The molecule has 3 fully saturated rings. The number of halogens is 1. The molecule has 0 spiro atoms. The number of nitrogens with one attached hydrogen (secondary N) is 3. The smallest absolute Gasteiger partial charge is 0.407 e. The first-order valence-electron chi connectivity index (χ1n) is 18.4. The number of rotatable bonds is 10. The van der Waals surface area contributed by atoms with Crippen LogP contribution >= 0.6 is 0 Å². The summed E-state index contributed by atoms with van der Waals surface area (Å²) in [5.74, 6) is -0.418. The maximum atomic E-state index is 14.3. The summed E-state index contributed by atoms with van der Waals surface area (Å²) in [6.07, 6.45) is 8.82. The van der Waals surface area contributed by atoms with Gasteiger partial charge in [0.15, 0.2) is 0 Å². The number of benzene rings is 1. The number of aromatic nitrogens is 1. The summed E-state index contributed by atoms with van der Waals surface area (Å²) in [6, 6.07) is 4.37. The van der Waals surface area contributed by atoms with E-state index < -0.39 is 36.4 Å².